The van der Waals surface area contributed by atoms with Crippen molar-refractivity contribution in [1.29, 1.82) is 0 Å². The van der Waals surface area contributed by atoms with Gasteiger partial charge in [-0.05, 0) is 80.9 Å². The van der Waals surface area contributed by atoms with Crippen LogP contribution in [0.5, 0.6) is 11.5 Å². The molecule has 2 aromatic carbocycles. The van der Waals surface area contributed by atoms with Gasteiger partial charge in [-0.3, -0.25) is 4.90 Å². The number of carbonyl (C=O) groups is 1. The van der Waals surface area contributed by atoms with E-state index < -0.39 is 5.60 Å². The lowest BCUT2D eigenvalue weighted by atomic mass is 9.91. The zero-order valence-corrected chi connectivity index (χ0v) is 19.8. The number of phenolic OH excluding ortho intramolecular Hbond substituents is 1. The zero-order valence-electron chi connectivity index (χ0n) is 19.8. The second-order valence-electron chi connectivity index (χ2n) is 9.74. The minimum absolute atomic E-state index is 0.188. The number of ether oxygens (including phenoxy) is 2. The lowest BCUT2D eigenvalue weighted by molar-refractivity contribution is 0.0367. The summed E-state index contributed by atoms with van der Waals surface area (Å²) in [6, 6.07) is 15.1. The molecule has 7 nitrogen and oxygen atoms in total. The van der Waals surface area contributed by atoms with Crippen LogP contribution in [0, 0.1) is 0 Å². The van der Waals surface area contributed by atoms with E-state index in [9.17, 15) is 9.90 Å². The highest BCUT2D eigenvalue weighted by molar-refractivity contribution is 5.90. The summed E-state index contributed by atoms with van der Waals surface area (Å²) in [7, 11) is 0. The van der Waals surface area contributed by atoms with Gasteiger partial charge in [0.15, 0.2) is 0 Å². The Hall–Kier alpha value is -2.93. The number of aromatic hydroxyl groups is 1. The van der Waals surface area contributed by atoms with Crippen molar-refractivity contribution in [3.8, 4) is 11.5 Å². The van der Waals surface area contributed by atoms with Crippen LogP contribution in [0.25, 0.3) is 0 Å². The monoisotopic (exact) mass is 465 g/mol. The highest BCUT2D eigenvalue weighted by Crippen LogP contribution is 2.37. The van der Waals surface area contributed by atoms with E-state index in [2.05, 4.69) is 34.1 Å². The molecule has 0 atom stereocenters. The van der Waals surface area contributed by atoms with Gasteiger partial charge in [0.05, 0.1) is 13.2 Å². The molecule has 3 saturated heterocycles. The van der Waals surface area contributed by atoms with E-state index in [1.165, 1.54) is 38.0 Å². The third kappa shape index (κ3) is 5.25. The van der Waals surface area contributed by atoms with E-state index in [-0.39, 0.29) is 11.8 Å². The summed E-state index contributed by atoms with van der Waals surface area (Å²) in [6.07, 6.45) is 6.39. The predicted octanol–water partition coefficient (Wildman–Crippen LogP) is 4.64. The molecule has 182 valence electrons. The lowest BCUT2D eigenvalue weighted by Gasteiger charge is -2.38. The number of phenols is 1. The van der Waals surface area contributed by atoms with E-state index >= 15 is 0 Å². The molecule has 1 spiro atoms. The third-order valence-electron chi connectivity index (χ3n) is 7.34. The number of likely N-dealkylation sites (tertiary alicyclic amines) is 1. The number of nitrogens with zero attached hydrogens (tertiary/aromatic N) is 3. The molecule has 3 aliphatic heterocycles. The number of anilines is 2. The molecule has 1 N–H and O–H groups in total. The molecule has 7 heteroatoms. The van der Waals surface area contributed by atoms with Crippen LogP contribution in [-0.4, -0.2) is 67.6 Å². The van der Waals surface area contributed by atoms with E-state index in [1.807, 2.05) is 0 Å². The van der Waals surface area contributed by atoms with Crippen molar-refractivity contribution < 1.29 is 19.4 Å². The van der Waals surface area contributed by atoms with Gasteiger partial charge in [-0.15, -0.1) is 0 Å². The molecular weight excluding hydrogens is 430 g/mol. The van der Waals surface area contributed by atoms with Crippen molar-refractivity contribution in [2.75, 3.05) is 55.7 Å². The second-order valence-corrected chi connectivity index (χ2v) is 9.74. The number of carbonyl (C=O) groups excluding carboxylic acids is 1. The summed E-state index contributed by atoms with van der Waals surface area (Å²) in [5.41, 5.74) is 1.49. The Kier molecular flexibility index (Phi) is 6.81. The minimum atomic E-state index is -0.442. The summed E-state index contributed by atoms with van der Waals surface area (Å²) >= 11 is 0. The maximum atomic E-state index is 12.5. The van der Waals surface area contributed by atoms with Crippen LogP contribution in [0.2, 0.25) is 0 Å². The van der Waals surface area contributed by atoms with Crippen LogP contribution in [0.1, 0.15) is 38.5 Å². The quantitative estimate of drug-likeness (QED) is 0.601. The molecular formula is C27H35N3O4. The van der Waals surface area contributed by atoms with E-state index in [0.29, 0.717) is 6.54 Å². The van der Waals surface area contributed by atoms with Gasteiger partial charge >= 0.3 is 6.09 Å². The highest BCUT2D eigenvalue weighted by atomic mass is 16.6. The van der Waals surface area contributed by atoms with Gasteiger partial charge in [-0.25, -0.2) is 4.79 Å². The van der Waals surface area contributed by atoms with Gasteiger partial charge in [-0.2, -0.15) is 0 Å². The SMILES string of the molecule is O=C1OC2(CCN(c3ccc(OCCCN4CCCCC4)cc3)CC2)CN1c1ccc(O)cc1. The number of benzene rings is 2. The van der Waals surface area contributed by atoms with Crippen molar-refractivity contribution in [3.05, 3.63) is 48.5 Å². The fraction of sp³-hybridized carbons (Fsp3) is 0.519. The largest absolute Gasteiger partial charge is 0.508 e. The summed E-state index contributed by atoms with van der Waals surface area (Å²) in [5, 5.41) is 9.52. The Morgan fingerprint density at radius 2 is 1.56 bits per heavy atom. The van der Waals surface area contributed by atoms with Crippen molar-refractivity contribution in [3.63, 3.8) is 0 Å². The Bertz CT molecular complexity index is 949. The Morgan fingerprint density at radius 3 is 2.26 bits per heavy atom. The second kappa shape index (κ2) is 10.1. The predicted molar refractivity (Wildman–Crippen MR) is 133 cm³/mol. The first kappa shape index (κ1) is 22.8. The molecule has 0 saturated carbocycles. The summed E-state index contributed by atoms with van der Waals surface area (Å²) in [4.78, 5) is 19.1. The smallest absolute Gasteiger partial charge is 0.415 e. The number of rotatable bonds is 7. The molecule has 34 heavy (non-hydrogen) atoms. The standard InChI is InChI=1S/C27H35N3O4/c31-24-9-5-23(6-10-24)30-21-27(34-26(30)32)13-18-29(19-14-27)22-7-11-25(12-8-22)33-20-4-17-28-15-2-1-3-16-28/h5-12,31H,1-4,13-21H2. The number of hydrogen-bond donors (Lipinski definition) is 1. The van der Waals surface area contributed by atoms with Gasteiger partial charge < -0.3 is 24.4 Å². The van der Waals surface area contributed by atoms with Crippen LogP contribution < -0.4 is 14.5 Å². The molecule has 3 fully saturated rings. The van der Waals surface area contributed by atoms with Gasteiger partial charge in [0.2, 0.25) is 0 Å². The average Bonchev–Trinajstić information content (AvgIpc) is 3.19. The van der Waals surface area contributed by atoms with E-state index in [0.717, 1.165) is 56.9 Å². The fourth-order valence-corrected chi connectivity index (χ4v) is 5.30. The van der Waals surface area contributed by atoms with Gasteiger partial charge in [0.25, 0.3) is 0 Å². The fourth-order valence-electron chi connectivity index (χ4n) is 5.30. The first-order chi connectivity index (χ1) is 16.6. The van der Waals surface area contributed by atoms with Crippen LogP contribution in [0.3, 0.4) is 0 Å². The van der Waals surface area contributed by atoms with Gasteiger partial charge in [0.1, 0.15) is 17.1 Å². The molecule has 0 unspecified atom stereocenters. The molecule has 1 amide bonds. The maximum absolute atomic E-state index is 12.5. The molecule has 0 aliphatic carbocycles. The van der Waals surface area contributed by atoms with Crippen molar-refractivity contribution >= 4 is 17.5 Å². The topological polar surface area (TPSA) is 65.5 Å². The molecule has 0 radical (unpaired) electrons. The zero-order chi connectivity index (χ0) is 23.4. The Balaban J connectivity index is 1.09. The van der Waals surface area contributed by atoms with E-state index in [1.54, 1.807) is 29.2 Å². The number of amides is 1. The van der Waals surface area contributed by atoms with Crippen molar-refractivity contribution in [2.45, 2.75) is 44.1 Å². The van der Waals surface area contributed by atoms with Crippen LogP contribution in [0.4, 0.5) is 16.2 Å². The Labute approximate surface area is 201 Å². The van der Waals surface area contributed by atoms with Crippen LogP contribution >= 0.6 is 0 Å². The molecule has 0 aromatic heterocycles. The maximum Gasteiger partial charge on any atom is 0.415 e. The number of hydrogen-bond acceptors (Lipinski definition) is 6. The van der Waals surface area contributed by atoms with Crippen LogP contribution in [0.15, 0.2) is 48.5 Å². The third-order valence-corrected chi connectivity index (χ3v) is 7.34. The molecule has 2 aromatic rings. The van der Waals surface area contributed by atoms with Gasteiger partial charge in [0, 0.05) is 43.9 Å². The summed E-state index contributed by atoms with van der Waals surface area (Å²) in [6.45, 7) is 6.58. The van der Waals surface area contributed by atoms with Crippen LogP contribution in [-0.2, 0) is 4.74 Å². The summed E-state index contributed by atoms with van der Waals surface area (Å²) in [5.74, 6) is 1.11. The molecule has 3 aliphatic rings. The normalized spacial score (nSPS) is 20.5. The first-order valence-electron chi connectivity index (χ1n) is 12.6. The lowest BCUT2D eigenvalue weighted by Crippen LogP contribution is -2.47. The molecule has 3 heterocycles. The first-order valence-corrected chi connectivity index (χ1v) is 12.6. The summed E-state index contributed by atoms with van der Waals surface area (Å²) < 4.78 is 11.8. The van der Waals surface area contributed by atoms with Crippen molar-refractivity contribution in [1.82, 2.24) is 4.90 Å². The van der Waals surface area contributed by atoms with E-state index in [4.69, 9.17) is 9.47 Å². The minimum Gasteiger partial charge on any atom is -0.508 e. The highest BCUT2D eigenvalue weighted by Gasteiger charge is 2.47. The molecule has 0 bridgehead atoms. The average molecular weight is 466 g/mol. The van der Waals surface area contributed by atoms with Gasteiger partial charge in [-0.1, -0.05) is 6.42 Å². The molecule has 5 rings (SSSR count). The Morgan fingerprint density at radius 1 is 0.882 bits per heavy atom. The number of piperidine rings is 2. The van der Waals surface area contributed by atoms with Crippen molar-refractivity contribution in [2.24, 2.45) is 0 Å².